The fourth-order valence-electron chi connectivity index (χ4n) is 6.63. The van der Waals surface area contributed by atoms with Gasteiger partial charge < -0.3 is 15.0 Å². The minimum Gasteiger partial charge on any atom is -0.493 e. The van der Waals surface area contributed by atoms with Crippen LogP contribution in [0.1, 0.15) is 115 Å². The number of nitrogens with zero attached hydrogens (tertiary/aromatic N) is 2. The van der Waals surface area contributed by atoms with Crippen LogP contribution in [0.3, 0.4) is 0 Å². The molecule has 4 aromatic carbocycles. The Morgan fingerprint density at radius 3 is 1.24 bits per heavy atom. The van der Waals surface area contributed by atoms with Crippen molar-refractivity contribution in [2.75, 3.05) is 13.2 Å². The molecular weight excluding hydrogens is 681 g/mol. The van der Waals surface area contributed by atoms with Gasteiger partial charge in [-0.1, -0.05) is 139 Å². The second kappa shape index (κ2) is 19.2. The number of hydrogen-bond acceptors (Lipinski definition) is 6. The largest absolute Gasteiger partial charge is 0.504 e. The quantitative estimate of drug-likeness (QED) is 0.0293. The number of benzene rings is 4. The highest BCUT2D eigenvalue weighted by molar-refractivity contribution is 8.31. The van der Waals surface area contributed by atoms with Crippen molar-refractivity contribution in [2.24, 2.45) is 0 Å². The first-order valence-corrected chi connectivity index (χ1v) is 21.6. The lowest BCUT2D eigenvalue weighted by Gasteiger charge is -2.16. The SMILES string of the molecule is CCCCCCCCCOc1c(C)cc(S(=O)(=O)C(=[N+]=[N-])S(=O)(=O)c2cc(C)c(OCCCCCCCCC)c3ccccc23)c2ccccc12. The molecule has 0 spiro atoms. The Morgan fingerprint density at radius 2 is 0.882 bits per heavy atom. The number of ether oxygens (including phenoxy) is 2. The molecule has 0 amide bonds. The number of hydrogen-bond donors (Lipinski definition) is 0. The van der Waals surface area contributed by atoms with Crippen molar-refractivity contribution < 1.29 is 31.1 Å². The third-order valence-corrected chi connectivity index (χ3v) is 13.6. The van der Waals surface area contributed by atoms with Crippen molar-refractivity contribution in [3.63, 3.8) is 0 Å². The average molecular weight is 735 g/mol. The monoisotopic (exact) mass is 734 g/mol. The van der Waals surface area contributed by atoms with E-state index in [1.807, 2.05) is 0 Å². The topological polar surface area (TPSA) is 123 Å². The van der Waals surface area contributed by atoms with Crippen molar-refractivity contribution in [1.29, 1.82) is 0 Å². The van der Waals surface area contributed by atoms with E-state index in [1.165, 1.54) is 63.5 Å². The smallest absolute Gasteiger partial charge is 0.493 e. The van der Waals surface area contributed by atoms with Crippen LogP contribution in [0, 0.1) is 13.8 Å². The predicted molar refractivity (Wildman–Crippen MR) is 207 cm³/mol. The maximum Gasteiger partial charge on any atom is 0.504 e. The van der Waals surface area contributed by atoms with Gasteiger partial charge in [-0.05, 0) is 49.9 Å². The third-order valence-electron chi connectivity index (χ3n) is 9.39. The van der Waals surface area contributed by atoms with Gasteiger partial charge in [0.25, 0.3) is 19.7 Å². The van der Waals surface area contributed by atoms with Gasteiger partial charge in [0.05, 0.1) is 23.0 Å². The Morgan fingerprint density at radius 1 is 0.549 bits per heavy atom. The van der Waals surface area contributed by atoms with Crippen LogP contribution in [0.15, 0.2) is 70.5 Å². The van der Waals surface area contributed by atoms with Crippen LogP contribution >= 0.6 is 0 Å². The molecule has 0 saturated heterocycles. The van der Waals surface area contributed by atoms with E-state index in [2.05, 4.69) is 18.6 Å². The second-order valence-electron chi connectivity index (χ2n) is 13.4. The first kappa shape index (κ1) is 40.1. The van der Waals surface area contributed by atoms with E-state index >= 15 is 0 Å². The molecule has 10 heteroatoms. The molecule has 0 aliphatic carbocycles. The van der Waals surface area contributed by atoms with Gasteiger partial charge in [0.2, 0.25) is 0 Å². The van der Waals surface area contributed by atoms with Crippen molar-refractivity contribution in [2.45, 2.75) is 127 Å². The predicted octanol–water partition coefficient (Wildman–Crippen LogP) is 10.7. The maximum atomic E-state index is 14.3. The zero-order chi connectivity index (χ0) is 36.9. The summed E-state index contributed by atoms with van der Waals surface area (Å²) in [6, 6.07) is 16.5. The summed E-state index contributed by atoms with van der Waals surface area (Å²) < 4.78 is 68.3. The molecule has 0 heterocycles. The van der Waals surface area contributed by atoms with E-state index in [0.29, 0.717) is 46.6 Å². The molecule has 4 rings (SSSR count). The number of unbranched alkanes of at least 4 members (excludes halogenated alkanes) is 12. The molecule has 0 atom stereocenters. The van der Waals surface area contributed by atoms with Gasteiger partial charge in [0, 0.05) is 21.5 Å². The van der Waals surface area contributed by atoms with E-state index in [9.17, 15) is 22.4 Å². The van der Waals surface area contributed by atoms with E-state index in [1.54, 1.807) is 62.4 Å². The average Bonchev–Trinajstić information content (AvgIpc) is 3.11. The summed E-state index contributed by atoms with van der Waals surface area (Å²) in [7, 11) is -9.72. The van der Waals surface area contributed by atoms with Crippen molar-refractivity contribution in [1.82, 2.24) is 0 Å². The molecule has 0 radical (unpaired) electrons. The van der Waals surface area contributed by atoms with Crippen LogP contribution in [-0.4, -0.2) is 39.2 Å². The van der Waals surface area contributed by atoms with Crippen LogP contribution < -0.4 is 9.47 Å². The Bertz CT molecular complexity index is 1910. The zero-order valence-corrected chi connectivity index (χ0v) is 32.4. The lowest BCUT2D eigenvalue weighted by Crippen LogP contribution is -2.27. The molecule has 51 heavy (non-hydrogen) atoms. The lowest BCUT2D eigenvalue weighted by atomic mass is 10.1. The van der Waals surface area contributed by atoms with Crippen LogP contribution in [0.2, 0.25) is 0 Å². The van der Waals surface area contributed by atoms with Gasteiger partial charge in [-0.2, -0.15) is 0 Å². The van der Waals surface area contributed by atoms with Crippen LogP contribution in [-0.2, 0) is 19.7 Å². The molecule has 276 valence electrons. The van der Waals surface area contributed by atoms with E-state index in [4.69, 9.17) is 9.47 Å². The molecule has 4 aromatic rings. The summed E-state index contributed by atoms with van der Waals surface area (Å²) >= 11 is 0. The van der Waals surface area contributed by atoms with Crippen molar-refractivity contribution in [3.05, 3.63) is 77.3 Å². The molecule has 8 nitrogen and oxygen atoms in total. The fraction of sp³-hybridized carbons (Fsp3) is 0.488. The van der Waals surface area contributed by atoms with E-state index < -0.39 is 24.1 Å². The normalized spacial score (nSPS) is 11.9. The summed E-state index contributed by atoms with van der Waals surface area (Å²) in [5.41, 5.74) is 11.2. The first-order valence-electron chi connectivity index (χ1n) is 18.6. The lowest BCUT2D eigenvalue weighted by molar-refractivity contribution is 0.00381. The zero-order valence-electron chi connectivity index (χ0n) is 30.7. The summed E-state index contributed by atoms with van der Waals surface area (Å²) in [4.78, 5) is 2.43. The highest BCUT2D eigenvalue weighted by Gasteiger charge is 2.46. The van der Waals surface area contributed by atoms with Gasteiger partial charge in [0.15, 0.2) is 0 Å². The van der Waals surface area contributed by atoms with Crippen LogP contribution in [0.5, 0.6) is 11.5 Å². The molecule has 0 unspecified atom stereocenters. The highest BCUT2D eigenvalue weighted by Crippen LogP contribution is 2.39. The highest BCUT2D eigenvalue weighted by atomic mass is 32.3. The number of sulfone groups is 2. The van der Waals surface area contributed by atoms with Crippen LogP contribution in [0.25, 0.3) is 27.1 Å². The summed E-state index contributed by atoms with van der Waals surface area (Å²) in [5.74, 6) is 1.10. The summed E-state index contributed by atoms with van der Waals surface area (Å²) in [5, 5.41) is 1.64. The first-order chi connectivity index (χ1) is 24.6. The number of rotatable bonds is 20. The van der Waals surface area contributed by atoms with Crippen LogP contribution in [0.4, 0.5) is 0 Å². The molecule has 0 fully saturated rings. The van der Waals surface area contributed by atoms with Gasteiger partial charge in [-0.15, -0.1) is 4.79 Å². The maximum absolute atomic E-state index is 14.3. The Kier molecular flexibility index (Phi) is 15.1. The van der Waals surface area contributed by atoms with E-state index in [-0.39, 0.29) is 20.6 Å². The number of fused-ring (bicyclic) bond motifs is 2. The second-order valence-corrected chi connectivity index (χ2v) is 17.4. The summed E-state index contributed by atoms with van der Waals surface area (Å²) in [6.07, 6.45) is 15.9. The van der Waals surface area contributed by atoms with Gasteiger partial charge in [-0.25, -0.2) is 16.8 Å². The molecule has 0 aromatic heterocycles. The van der Waals surface area contributed by atoms with Gasteiger partial charge in [-0.3, -0.25) is 0 Å². The third kappa shape index (κ3) is 9.79. The Balaban J connectivity index is 1.62. The van der Waals surface area contributed by atoms with Gasteiger partial charge >= 0.3 is 4.38 Å². The molecule has 0 bridgehead atoms. The minimum absolute atomic E-state index is 0.272. The van der Waals surface area contributed by atoms with E-state index in [0.717, 1.165) is 38.5 Å². The molecule has 0 N–H and O–H groups in total. The summed E-state index contributed by atoms with van der Waals surface area (Å²) in [6.45, 7) is 8.82. The number of aryl methyl sites for hydroxylation is 2. The molecule has 0 saturated carbocycles. The molecule has 0 aliphatic heterocycles. The van der Waals surface area contributed by atoms with Gasteiger partial charge in [0.1, 0.15) is 11.5 Å². The molecular formula is C41H54N2O6S2. The fourth-order valence-corrected chi connectivity index (χ4v) is 10.5. The molecule has 0 aliphatic rings. The standard InChI is InChI=1S/C41H54N2O6S2/c1-5-7-9-11-13-15-21-27-48-39-31(3)29-37(33-23-17-19-25-35(33)39)50(44,45)41(43-42)51(46,47)38-30-32(4)40(36-26-20-18-24-34(36)38)49-28-22-16-14-12-10-8-6-2/h17-20,23-26,29-30H,5-16,21-22,27-28H2,1-4H3. The minimum atomic E-state index is -4.86. The Hall–Kier alpha value is -3.72. The Labute approximate surface area is 305 Å². The van der Waals surface area contributed by atoms with Crippen molar-refractivity contribution >= 4 is 45.6 Å². The van der Waals surface area contributed by atoms with Crippen molar-refractivity contribution in [3.8, 4) is 11.5 Å².